The minimum Gasteiger partial charge on any atom is -0.371 e. The van der Waals surface area contributed by atoms with Gasteiger partial charge in [-0.15, -0.1) is 0 Å². The molecule has 4 nitrogen and oxygen atoms in total. The van der Waals surface area contributed by atoms with Crippen molar-refractivity contribution in [1.82, 2.24) is 9.78 Å². The fourth-order valence-corrected chi connectivity index (χ4v) is 3.45. The van der Waals surface area contributed by atoms with Gasteiger partial charge in [0, 0.05) is 23.0 Å². The van der Waals surface area contributed by atoms with Crippen LogP contribution in [0, 0.1) is 11.3 Å². The van der Waals surface area contributed by atoms with Gasteiger partial charge in [0.2, 0.25) is 0 Å². The summed E-state index contributed by atoms with van der Waals surface area (Å²) >= 11 is 6.35. The van der Waals surface area contributed by atoms with Crippen LogP contribution in [-0.4, -0.2) is 16.8 Å². The highest BCUT2D eigenvalue weighted by Crippen LogP contribution is 2.38. The minimum atomic E-state index is 0.506. The van der Waals surface area contributed by atoms with Crippen molar-refractivity contribution in [3.8, 4) is 17.2 Å². The number of aromatic nitrogens is 2. The van der Waals surface area contributed by atoms with Crippen LogP contribution in [0.1, 0.15) is 30.9 Å². The maximum Gasteiger partial charge on any atom is 0.155 e. The fourth-order valence-electron chi connectivity index (χ4n) is 3.22. The molecule has 0 saturated heterocycles. The van der Waals surface area contributed by atoms with Gasteiger partial charge in [-0.25, -0.2) is 0 Å². The molecule has 1 fully saturated rings. The van der Waals surface area contributed by atoms with E-state index in [0.29, 0.717) is 16.6 Å². The predicted molar refractivity (Wildman–Crippen MR) is 97.3 cm³/mol. The number of benzene rings is 2. The van der Waals surface area contributed by atoms with Crippen molar-refractivity contribution < 1.29 is 0 Å². The zero-order valence-electron chi connectivity index (χ0n) is 13.4. The van der Waals surface area contributed by atoms with Crippen molar-refractivity contribution in [3.63, 3.8) is 0 Å². The maximum atomic E-state index is 9.14. The Morgan fingerprint density at radius 3 is 2.75 bits per heavy atom. The van der Waals surface area contributed by atoms with Gasteiger partial charge in [-0.2, -0.15) is 10.4 Å². The second-order valence-corrected chi connectivity index (χ2v) is 6.57. The molecule has 3 aromatic rings. The lowest BCUT2D eigenvalue weighted by atomic mass is 9.93. The number of anilines is 1. The average molecular weight is 337 g/mol. The number of rotatable bonds is 3. The summed E-state index contributed by atoms with van der Waals surface area (Å²) in [6.07, 6.45) is 3.66. The first kappa shape index (κ1) is 15.0. The molecule has 4 rings (SSSR count). The number of hydrogen-bond donors (Lipinski definition) is 1. The third-order valence-corrected chi connectivity index (χ3v) is 5.10. The molecule has 0 aliphatic heterocycles. The molecule has 0 amide bonds. The van der Waals surface area contributed by atoms with E-state index in [2.05, 4.69) is 34.3 Å². The standard InChI is InChI=1S/C19H17ClN4/c1-22-19-16-10-13(15-9-12(11-21)5-7-17(15)20)6-8-18(16)24(23-19)14-3-2-4-14/h5-10,14H,2-4H2,1H3,(H,22,23). The van der Waals surface area contributed by atoms with Gasteiger partial charge in [0.15, 0.2) is 5.82 Å². The Labute approximate surface area is 145 Å². The number of nitriles is 1. The lowest BCUT2D eigenvalue weighted by molar-refractivity contribution is 0.298. The maximum absolute atomic E-state index is 9.14. The van der Waals surface area contributed by atoms with Gasteiger partial charge >= 0.3 is 0 Å². The normalized spacial score (nSPS) is 14.4. The number of nitrogens with one attached hydrogen (secondary N) is 1. The Bertz CT molecular complexity index is 963. The van der Waals surface area contributed by atoms with Crippen LogP contribution in [0.2, 0.25) is 5.02 Å². The summed E-state index contributed by atoms with van der Waals surface area (Å²) in [5, 5.41) is 18.8. The number of nitrogens with zero attached hydrogens (tertiary/aromatic N) is 3. The Hall–Kier alpha value is -2.51. The second kappa shape index (κ2) is 5.85. The lowest BCUT2D eigenvalue weighted by Gasteiger charge is -2.26. The zero-order chi connectivity index (χ0) is 16.7. The van der Waals surface area contributed by atoms with Crippen molar-refractivity contribution in [2.75, 3.05) is 12.4 Å². The molecule has 1 saturated carbocycles. The van der Waals surface area contributed by atoms with Crippen molar-refractivity contribution in [3.05, 3.63) is 47.0 Å². The quantitative estimate of drug-likeness (QED) is 0.732. The van der Waals surface area contributed by atoms with Crippen molar-refractivity contribution in [2.24, 2.45) is 0 Å². The summed E-state index contributed by atoms with van der Waals surface area (Å²) in [7, 11) is 1.89. The largest absolute Gasteiger partial charge is 0.371 e. The van der Waals surface area contributed by atoms with Crippen LogP contribution in [0.3, 0.4) is 0 Å². The van der Waals surface area contributed by atoms with Gasteiger partial charge in [0.05, 0.1) is 23.2 Å². The predicted octanol–water partition coefficient (Wildman–Crippen LogP) is 5.00. The van der Waals surface area contributed by atoms with E-state index >= 15 is 0 Å². The highest BCUT2D eigenvalue weighted by atomic mass is 35.5. The van der Waals surface area contributed by atoms with Crippen molar-refractivity contribution in [2.45, 2.75) is 25.3 Å². The Balaban J connectivity index is 1.88. The average Bonchev–Trinajstić information content (AvgIpc) is 2.91. The molecule has 1 aromatic heterocycles. The summed E-state index contributed by atoms with van der Waals surface area (Å²) in [6, 6.07) is 14.3. The molecule has 0 atom stereocenters. The summed E-state index contributed by atoms with van der Waals surface area (Å²) in [5.41, 5.74) is 3.61. The minimum absolute atomic E-state index is 0.506. The van der Waals surface area contributed by atoms with E-state index in [1.54, 1.807) is 12.1 Å². The van der Waals surface area contributed by atoms with Crippen molar-refractivity contribution in [1.29, 1.82) is 5.26 Å². The summed E-state index contributed by atoms with van der Waals surface area (Å²) in [4.78, 5) is 0. The van der Waals surface area contributed by atoms with Gasteiger partial charge in [-0.3, -0.25) is 4.68 Å². The van der Waals surface area contributed by atoms with Crippen molar-refractivity contribution >= 4 is 28.3 Å². The molecule has 5 heteroatoms. The van der Waals surface area contributed by atoms with Crippen LogP contribution in [0.5, 0.6) is 0 Å². The van der Waals surface area contributed by atoms with E-state index in [9.17, 15) is 0 Å². The van der Waals surface area contributed by atoms with E-state index in [1.807, 2.05) is 13.1 Å². The van der Waals surface area contributed by atoms with Gasteiger partial charge in [-0.05, 0) is 55.2 Å². The monoisotopic (exact) mass is 336 g/mol. The van der Waals surface area contributed by atoms with Crippen LogP contribution in [0.25, 0.3) is 22.0 Å². The van der Waals surface area contributed by atoms with Gasteiger partial charge < -0.3 is 5.32 Å². The SMILES string of the molecule is CNc1nn(C2CCC2)c2ccc(-c3cc(C#N)ccc3Cl)cc12. The molecule has 1 aliphatic rings. The van der Waals surface area contributed by atoms with E-state index in [1.165, 1.54) is 19.3 Å². The Morgan fingerprint density at radius 1 is 1.25 bits per heavy atom. The highest BCUT2D eigenvalue weighted by molar-refractivity contribution is 6.33. The fraction of sp³-hybridized carbons (Fsp3) is 0.263. The molecule has 120 valence electrons. The summed E-state index contributed by atoms with van der Waals surface area (Å²) in [5.74, 6) is 0.881. The van der Waals surface area contributed by atoms with E-state index in [0.717, 1.165) is 27.8 Å². The van der Waals surface area contributed by atoms with Crippen LogP contribution >= 0.6 is 11.6 Å². The molecular formula is C19H17ClN4. The van der Waals surface area contributed by atoms with Crippen LogP contribution < -0.4 is 5.32 Å². The van der Waals surface area contributed by atoms with Gasteiger partial charge in [-0.1, -0.05) is 17.7 Å². The number of halogens is 1. The number of hydrogen-bond acceptors (Lipinski definition) is 3. The molecule has 0 unspecified atom stereocenters. The molecule has 0 spiro atoms. The van der Waals surface area contributed by atoms with Gasteiger partial charge in [0.25, 0.3) is 0 Å². The zero-order valence-corrected chi connectivity index (χ0v) is 14.1. The second-order valence-electron chi connectivity index (χ2n) is 6.17. The smallest absolute Gasteiger partial charge is 0.155 e. The van der Waals surface area contributed by atoms with E-state index in [4.69, 9.17) is 22.0 Å². The Kier molecular flexibility index (Phi) is 3.66. The highest BCUT2D eigenvalue weighted by Gasteiger charge is 2.23. The molecule has 1 N–H and O–H groups in total. The third kappa shape index (κ3) is 2.33. The first-order valence-electron chi connectivity index (χ1n) is 8.11. The molecule has 1 aliphatic carbocycles. The molecule has 2 aromatic carbocycles. The number of fused-ring (bicyclic) bond motifs is 1. The first-order chi connectivity index (χ1) is 11.7. The third-order valence-electron chi connectivity index (χ3n) is 4.77. The summed E-state index contributed by atoms with van der Waals surface area (Å²) in [6.45, 7) is 0. The first-order valence-corrected chi connectivity index (χ1v) is 8.49. The topological polar surface area (TPSA) is 53.6 Å². The molecule has 24 heavy (non-hydrogen) atoms. The summed E-state index contributed by atoms with van der Waals surface area (Å²) < 4.78 is 2.14. The van der Waals surface area contributed by atoms with E-state index in [-0.39, 0.29) is 0 Å². The molecular weight excluding hydrogens is 320 g/mol. The molecule has 1 heterocycles. The molecule has 0 bridgehead atoms. The molecule has 0 radical (unpaired) electrons. The Morgan fingerprint density at radius 2 is 2.08 bits per heavy atom. The van der Waals surface area contributed by atoms with Crippen LogP contribution in [-0.2, 0) is 0 Å². The van der Waals surface area contributed by atoms with Crippen LogP contribution in [0.15, 0.2) is 36.4 Å². The lowest BCUT2D eigenvalue weighted by Crippen LogP contribution is -2.18. The van der Waals surface area contributed by atoms with Gasteiger partial charge in [0.1, 0.15) is 0 Å². The van der Waals surface area contributed by atoms with E-state index < -0.39 is 0 Å². The van der Waals surface area contributed by atoms with Crippen LogP contribution in [0.4, 0.5) is 5.82 Å².